The summed E-state index contributed by atoms with van der Waals surface area (Å²) < 4.78 is 89.7. The van der Waals surface area contributed by atoms with E-state index in [1.165, 1.54) is 20.8 Å². The van der Waals surface area contributed by atoms with Crippen molar-refractivity contribution in [2.45, 2.75) is 64.1 Å². The molecule has 0 saturated heterocycles. The smallest absolute Gasteiger partial charge is 0.429 e. The van der Waals surface area contributed by atoms with Crippen LogP contribution in [0.1, 0.15) is 45.2 Å². The molecule has 1 aromatic rings. The molecule has 148 valence electrons. The van der Waals surface area contributed by atoms with Crippen LogP contribution in [0, 0.1) is 0 Å². The second-order valence-corrected chi connectivity index (χ2v) is 6.69. The molecular formula is C17H20F6O3. The van der Waals surface area contributed by atoms with Crippen molar-refractivity contribution < 1.29 is 40.6 Å². The predicted octanol–water partition coefficient (Wildman–Crippen LogP) is 5.91. The largest absolute Gasteiger partial charge is 0.510 e. The molecule has 0 aliphatic rings. The number of carbonyl (C=O) groups is 1. The van der Waals surface area contributed by atoms with E-state index in [4.69, 9.17) is 0 Å². The third-order valence-electron chi connectivity index (χ3n) is 3.32. The van der Waals surface area contributed by atoms with Crippen molar-refractivity contribution in [2.75, 3.05) is 0 Å². The minimum Gasteiger partial charge on any atom is -0.429 e. The molecule has 0 unspecified atom stereocenters. The second kappa shape index (κ2) is 7.36. The molecule has 0 heterocycles. The SMILES string of the molecule is CCCc1ccc(C(OC(=O)OC(C)(C)C)(C(F)(F)F)C(F)(F)F)cc1. The van der Waals surface area contributed by atoms with Crippen LogP contribution in [0.2, 0.25) is 0 Å². The fourth-order valence-electron chi connectivity index (χ4n) is 2.25. The fourth-order valence-corrected chi connectivity index (χ4v) is 2.25. The lowest BCUT2D eigenvalue weighted by Gasteiger charge is -2.37. The molecule has 0 radical (unpaired) electrons. The lowest BCUT2D eigenvalue weighted by molar-refractivity contribution is -0.377. The van der Waals surface area contributed by atoms with Gasteiger partial charge in [-0.05, 0) is 32.8 Å². The van der Waals surface area contributed by atoms with Gasteiger partial charge >= 0.3 is 24.1 Å². The molecule has 26 heavy (non-hydrogen) atoms. The molecule has 0 aliphatic heterocycles. The predicted molar refractivity (Wildman–Crippen MR) is 81.5 cm³/mol. The highest BCUT2D eigenvalue weighted by Crippen LogP contribution is 2.53. The van der Waals surface area contributed by atoms with Crippen LogP contribution in [0.5, 0.6) is 0 Å². The van der Waals surface area contributed by atoms with Gasteiger partial charge in [-0.1, -0.05) is 37.6 Å². The number of halogens is 6. The molecule has 0 atom stereocenters. The summed E-state index contributed by atoms with van der Waals surface area (Å²) in [6, 6.07) is 3.61. The van der Waals surface area contributed by atoms with E-state index in [1.54, 1.807) is 0 Å². The molecule has 1 aromatic carbocycles. The van der Waals surface area contributed by atoms with Gasteiger partial charge in [0.1, 0.15) is 5.60 Å². The van der Waals surface area contributed by atoms with Crippen molar-refractivity contribution in [1.82, 2.24) is 0 Å². The van der Waals surface area contributed by atoms with E-state index in [1.807, 2.05) is 6.92 Å². The van der Waals surface area contributed by atoms with E-state index in [2.05, 4.69) is 9.47 Å². The maximum atomic E-state index is 13.5. The molecule has 0 amide bonds. The highest BCUT2D eigenvalue weighted by atomic mass is 19.4. The van der Waals surface area contributed by atoms with E-state index in [0.717, 1.165) is 12.1 Å². The number of hydrogen-bond acceptors (Lipinski definition) is 3. The normalized spacial score (nSPS) is 13.5. The third-order valence-corrected chi connectivity index (χ3v) is 3.32. The van der Waals surface area contributed by atoms with Gasteiger partial charge in [0.05, 0.1) is 0 Å². The Hall–Kier alpha value is -1.93. The van der Waals surface area contributed by atoms with Crippen LogP contribution in [-0.2, 0) is 21.5 Å². The first kappa shape index (κ1) is 22.1. The summed E-state index contributed by atoms with van der Waals surface area (Å²) in [6.07, 6.45) is -12.8. The number of carbonyl (C=O) groups excluding carboxylic acids is 1. The van der Waals surface area contributed by atoms with E-state index < -0.39 is 35.3 Å². The highest BCUT2D eigenvalue weighted by molar-refractivity contribution is 5.62. The van der Waals surface area contributed by atoms with Crippen molar-refractivity contribution in [3.05, 3.63) is 35.4 Å². The van der Waals surface area contributed by atoms with Crippen LogP contribution in [0.25, 0.3) is 0 Å². The molecule has 1 rings (SSSR count). The van der Waals surface area contributed by atoms with E-state index in [-0.39, 0.29) is 0 Å². The number of benzene rings is 1. The standard InChI is InChI=1S/C17H20F6O3/c1-5-6-11-7-9-12(10-8-11)15(16(18,19)20,17(21,22)23)26-13(24)25-14(2,3)4/h7-10H,5-6H2,1-4H3. The monoisotopic (exact) mass is 386 g/mol. The summed E-state index contributed by atoms with van der Waals surface area (Å²) in [7, 11) is 0. The van der Waals surface area contributed by atoms with Gasteiger partial charge in [-0.3, -0.25) is 0 Å². The van der Waals surface area contributed by atoms with Gasteiger partial charge in [-0.25, -0.2) is 4.79 Å². The van der Waals surface area contributed by atoms with E-state index in [9.17, 15) is 31.1 Å². The number of ether oxygens (including phenoxy) is 2. The van der Waals surface area contributed by atoms with Crippen LogP contribution >= 0.6 is 0 Å². The van der Waals surface area contributed by atoms with Gasteiger partial charge in [0.25, 0.3) is 0 Å². The van der Waals surface area contributed by atoms with Crippen molar-refractivity contribution in [2.24, 2.45) is 0 Å². The first-order valence-corrected chi connectivity index (χ1v) is 7.79. The number of rotatable bonds is 4. The maximum absolute atomic E-state index is 13.5. The van der Waals surface area contributed by atoms with Crippen LogP contribution in [-0.4, -0.2) is 24.1 Å². The minimum atomic E-state index is -5.95. The molecule has 0 aliphatic carbocycles. The minimum absolute atomic E-state index is 0.484. The average Bonchev–Trinajstić information content (AvgIpc) is 2.41. The molecule has 0 fully saturated rings. The zero-order chi connectivity index (χ0) is 20.4. The quantitative estimate of drug-likeness (QED) is 0.477. The third kappa shape index (κ3) is 4.82. The molecule has 0 aromatic heterocycles. The molecular weight excluding hydrogens is 366 g/mol. The molecule has 0 spiro atoms. The molecule has 9 heteroatoms. The summed E-state index contributed by atoms with van der Waals surface area (Å²) in [5.41, 5.74) is -6.84. The van der Waals surface area contributed by atoms with Crippen molar-refractivity contribution in [3.63, 3.8) is 0 Å². The summed E-state index contributed by atoms with van der Waals surface area (Å²) in [6.45, 7) is 5.68. The topological polar surface area (TPSA) is 35.5 Å². The maximum Gasteiger partial charge on any atom is 0.510 e. The van der Waals surface area contributed by atoms with Crippen LogP contribution in [0.15, 0.2) is 24.3 Å². The summed E-state index contributed by atoms with van der Waals surface area (Å²) >= 11 is 0. The van der Waals surface area contributed by atoms with Gasteiger partial charge in [0.15, 0.2) is 0 Å². The number of alkyl halides is 6. The van der Waals surface area contributed by atoms with Gasteiger partial charge in [-0.2, -0.15) is 26.3 Å². The van der Waals surface area contributed by atoms with Gasteiger partial charge < -0.3 is 9.47 Å². The first-order valence-electron chi connectivity index (χ1n) is 7.79. The van der Waals surface area contributed by atoms with E-state index >= 15 is 0 Å². The Morgan fingerprint density at radius 1 is 0.885 bits per heavy atom. The summed E-state index contributed by atoms with van der Waals surface area (Å²) in [5, 5.41) is 0. The fraction of sp³-hybridized carbons (Fsp3) is 0.588. The van der Waals surface area contributed by atoms with Crippen LogP contribution in [0.4, 0.5) is 31.1 Å². The zero-order valence-electron chi connectivity index (χ0n) is 14.7. The molecule has 0 bridgehead atoms. The summed E-state index contributed by atoms with van der Waals surface area (Å²) in [5.74, 6) is 0. The van der Waals surface area contributed by atoms with Crippen molar-refractivity contribution >= 4 is 6.16 Å². The molecule has 0 saturated carbocycles. The number of hydrogen-bond donors (Lipinski definition) is 0. The highest BCUT2D eigenvalue weighted by Gasteiger charge is 2.75. The van der Waals surface area contributed by atoms with Crippen LogP contribution < -0.4 is 0 Å². The van der Waals surface area contributed by atoms with E-state index in [0.29, 0.717) is 30.5 Å². The first-order chi connectivity index (χ1) is 11.6. The Bertz CT molecular complexity index is 597. The lowest BCUT2D eigenvalue weighted by atomic mass is 9.90. The van der Waals surface area contributed by atoms with Gasteiger partial charge in [0.2, 0.25) is 0 Å². The Kier molecular flexibility index (Phi) is 6.26. The van der Waals surface area contributed by atoms with Gasteiger partial charge in [-0.15, -0.1) is 0 Å². The lowest BCUT2D eigenvalue weighted by Crippen LogP contribution is -2.57. The molecule has 0 N–H and O–H groups in total. The second-order valence-electron chi connectivity index (χ2n) is 6.69. The Labute approximate surface area is 147 Å². The summed E-state index contributed by atoms with van der Waals surface area (Å²) in [4.78, 5) is 11.7. The number of aryl methyl sites for hydroxylation is 1. The Morgan fingerprint density at radius 2 is 1.35 bits per heavy atom. The van der Waals surface area contributed by atoms with Gasteiger partial charge in [0, 0.05) is 5.56 Å². The van der Waals surface area contributed by atoms with Crippen LogP contribution in [0.3, 0.4) is 0 Å². The Morgan fingerprint density at radius 3 is 1.69 bits per heavy atom. The zero-order valence-corrected chi connectivity index (χ0v) is 14.7. The van der Waals surface area contributed by atoms with Crippen molar-refractivity contribution in [1.29, 1.82) is 0 Å². The Balaban J connectivity index is 3.48. The molecule has 3 nitrogen and oxygen atoms in total. The average molecular weight is 386 g/mol. The van der Waals surface area contributed by atoms with Crippen molar-refractivity contribution in [3.8, 4) is 0 Å².